The molecule has 7 heteroatoms. The minimum absolute atomic E-state index is 0. The molecule has 116 valence electrons. The van der Waals surface area contributed by atoms with E-state index < -0.39 is 4.92 Å². The number of hydrogen-bond acceptors (Lipinski definition) is 4. The number of likely N-dealkylation sites (tertiary alicyclic amines) is 1. The number of hydrogen-bond donors (Lipinski definition) is 1. The first-order valence-corrected chi connectivity index (χ1v) is 6.80. The molecule has 0 aliphatic carbocycles. The molecule has 2 atom stereocenters. The van der Waals surface area contributed by atoms with Crippen LogP contribution in [0.4, 0.5) is 5.69 Å². The maximum absolute atomic E-state index is 12.5. The van der Waals surface area contributed by atoms with E-state index in [9.17, 15) is 14.9 Å². The smallest absolute Gasteiger partial charge is 0.269 e. The topological polar surface area (TPSA) is 89.5 Å². The zero-order valence-corrected chi connectivity index (χ0v) is 12.7. The van der Waals surface area contributed by atoms with Gasteiger partial charge in [0.15, 0.2) is 0 Å². The highest BCUT2D eigenvalue weighted by atomic mass is 35.5. The standard InChI is InChI=1S/C14H19N3O3.ClH/c1-10-3-2-8-16(13(10)9-15)14(18)11-4-6-12(7-5-11)17(19)20;/h4-7,10,13H,2-3,8-9,15H2,1H3;1H. The average molecular weight is 314 g/mol. The fourth-order valence-electron chi connectivity index (χ4n) is 2.75. The van der Waals surface area contributed by atoms with Gasteiger partial charge in [-0.15, -0.1) is 12.4 Å². The first-order valence-electron chi connectivity index (χ1n) is 6.80. The number of amides is 1. The quantitative estimate of drug-likeness (QED) is 0.684. The van der Waals surface area contributed by atoms with E-state index in [0.29, 0.717) is 24.6 Å². The second-order valence-corrected chi connectivity index (χ2v) is 5.23. The lowest BCUT2D eigenvalue weighted by Gasteiger charge is -2.39. The number of nitrogens with two attached hydrogens (primary N) is 1. The lowest BCUT2D eigenvalue weighted by atomic mass is 9.90. The zero-order chi connectivity index (χ0) is 14.7. The summed E-state index contributed by atoms with van der Waals surface area (Å²) in [4.78, 5) is 24.4. The molecular weight excluding hydrogens is 294 g/mol. The summed E-state index contributed by atoms with van der Waals surface area (Å²) in [6.45, 7) is 3.24. The minimum atomic E-state index is -0.472. The van der Waals surface area contributed by atoms with Gasteiger partial charge in [-0.1, -0.05) is 6.92 Å². The molecule has 2 unspecified atom stereocenters. The third-order valence-electron chi connectivity index (χ3n) is 3.94. The SMILES string of the molecule is CC1CCCN(C(=O)c2ccc([N+](=O)[O-])cc2)C1CN.Cl. The van der Waals surface area contributed by atoms with Gasteiger partial charge in [-0.25, -0.2) is 0 Å². The maximum Gasteiger partial charge on any atom is 0.269 e. The number of carbonyl (C=O) groups excluding carboxylic acids is 1. The monoisotopic (exact) mass is 313 g/mol. The molecule has 2 N–H and O–H groups in total. The van der Waals surface area contributed by atoms with E-state index in [1.807, 2.05) is 0 Å². The van der Waals surface area contributed by atoms with Crippen LogP contribution < -0.4 is 5.73 Å². The molecule has 1 aromatic carbocycles. The van der Waals surface area contributed by atoms with Crippen LogP contribution in [0, 0.1) is 16.0 Å². The molecule has 1 fully saturated rings. The number of benzene rings is 1. The molecule has 1 aliphatic rings. The van der Waals surface area contributed by atoms with E-state index in [2.05, 4.69) is 6.92 Å². The van der Waals surface area contributed by atoms with Crippen molar-refractivity contribution >= 4 is 24.0 Å². The molecule has 6 nitrogen and oxygen atoms in total. The highest BCUT2D eigenvalue weighted by molar-refractivity contribution is 5.94. The van der Waals surface area contributed by atoms with Crippen molar-refractivity contribution in [2.75, 3.05) is 13.1 Å². The van der Waals surface area contributed by atoms with Crippen molar-refractivity contribution in [3.8, 4) is 0 Å². The Kier molecular flexibility index (Phi) is 6.11. The molecule has 0 spiro atoms. The van der Waals surface area contributed by atoms with Crippen LogP contribution >= 0.6 is 12.4 Å². The van der Waals surface area contributed by atoms with Crippen molar-refractivity contribution in [1.82, 2.24) is 4.90 Å². The number of nitro benzene ring substituents is 1. The largest absolute Gasteiger partial charge is 0.334 e. The molecule has 1 aromatic rings. The van der Waals surface area contributed by atoms with Gasteiger partial charge in [-0.3, -0.25) is 14.9 Å². The van der Waals surface area contributed by atoms with Crippen molar-refractivity contribution in [3.63, 3.8) is 0 Å². The van der Waals surface area contributed by atoms with Crippen molar-refractivity contribution in [1.29, 1.82) is 0 Å². The van der Waals surface area contributed by atoms with E-state index in [1.54, 1.807) is 4.90 Å². The van der Waals surface area contributed by atoms with Gasteiger partial charge in [0.25, 0.3) is 11.6 Å². The summed E-state index contributed by atoms with van der Waals surface area (Å²) in [7, 11) is 0. The van der Waals surface area contributed by atoms with Gasteiger partial charge in [0.05, 0.1) is 4.92 Å². The van der Waals surface area contributed by atoms with Gasteiger partial charge in [0.2, 0.25) is 0 Å². The van der Waals surface area contributed by atoms with Crippen LogP contribution in [0.15, 0.2) is 24.3 Å². The molecular formula is C14H20ClN3O3. The van der Waals surface area contributed by atoms with Crippen LogP contribution in [0.2, 0.25) is 0 Å². The first kappa shape index (κ1) is 17.4. The number of rotatable bonds is 3. The summed E-state index contributed by atoms with van der Waals surface area (Å²) < 4.78 is 0. The zero-order valence-electron chi connectivity index (χ0n) is 11.9. The maximum atomic E-state index is 12.5. The number of nitro groups is 1. The third kappa shape index (κ3) is 3.71. The Morgan fingerprint density at radius 3 is 2.57 bits per heavy atom. The Labute approximate surface area is 129 Å². The molecule has 0 aromatic heterocycles. The van der Waals surface area contributed by atoms with Crippen LogP contribution in [0.25, 0.3) is 0 Å². The molecule has 1 amide bonds. The minimum Gasteiger partial charge on any atom is -0.334 e. The third-order valence-corrected chi connectivity index (χ3v) is 3.94. The Balaban J connectivity index is 0.00000220. The normalized spacial score (nSPS) is 21.5. The van der Waals surface area contributed by atoms with Gasteiger partial charge in [0.1, 0.15) is 0 Å². The van der Waals surface area contributed by atoms with Crippen LogP contribution in [0.3, 0.4) is 0 Å². The van der Waals surface area contributed by atoms with Gasteiger partial charge in [-0.05, 0) is 30.9 Å². The second-order valence-electron chi connectivity index (χ2n) is 5.23. The fraction of sp³-hybridized carbons (Fsp3) is 0.500. The molecule has 0 radical (unpaired) electrons. The number of piperidine rings is 1. The van der Waals surface area contributed by atoms with E-state index >= 15 is 0 Å². The first-order chi connectivity index (χ1) is 9.54. The highest BCUT2D eigenvalue weighted by Gasteiger charge is 2.31. The van der Waals surface area contributed by atoms with Crippen LogP contribution in [-0.2, 0) is 0 Å². The number of nitrogens with zero attached hydrogens (tertiary/aromatic N) is 2. The molecule has 2 rings (SSSR count). The summed E-state index contributed by atoms with van der Waals surface area (Å²) in [5, 5.41) is 10.6. The summed E-state index contributed by atoms with van der Waals surface area (Å²) in [6, 6.07) is 5.78. The predicted molar refractivity (Wildman–Crippen MR) is 82.6 cm³/mol. The van der Waals surface area contributed by atoms with Crippen LogP contribution in [0.1, 0.15) is 30.1 Å². The summed E-state index contributed by atoms with van der Waals surface area (Å²) in [6.07, 6.45) is 2.04. The lowest BCUT2D eigenvalue weighted by Crippen LogP contribution is -2.51. The highest BCUT2D eigenvalue weighted by Crippen LogP contribution is 2.24. The van der Waals surface area contributed by atoms with Crippen molar-refractivity contribution < 1.29 is 9.72 Å². The number of carbonyl (C=O) groups is 1. The predicted octanol–water partition coefficient (Wildman–Crippen LogP) is 2.22. The van der Waals surface area contributed by atoms with Crippen molar-refractivity contribution in [3.05, 3.63) is 39.9 Å². The lowest BCUT2D eigenvalue weighted by molar-refractivity contribution is -0.384. The van der Waals surface area contributed by atoms with E-state index in [1.165, 1.54) is 24.3 Å². The Bertz CT molecular complexity index is 507. The van der Waals surface area contributed by atoms with Gasteiger partial charge < -0.3 is 10.6 Å². The summed E-state index contributed by atoms with van der Waals surface area (Å²) in [5.41, 5.74) is 6.25. The number of non-ortho nitro benzene ring substituents is 1. The molecule has 1 heterocycles. The van der Waals surface area contributed by atoms with E-state index in [0.717, 1.165) is 12.8 Å². The van der Waals surface area contributed by atoms with Crippen molar-refractivity contribution in [2.45, 2.75) is 25.8 Å². The summed E-state index contributed by atoms with van der Waals surface area (Å²) in [5.74, 6) is 0.289. The average Bonchev–Trinajstić information content (AvgIpc) is 2.46. The number of halogens is 1. The Morgan fingerprint density at radius 2 is 2.05 bits per heavy atom. The van der Waals surface area contributed by atoms with Gasteiger partial charge in [-0.2, -0.15) is 0 Å². The molecule has 0 saturated carbocycles. The fourth-order valence-corrected chi connectivity index (χ4v) is 2.75. The van der Waals surface area contributed by atoms with Crippen molar-refractivity contribution in [2.24, 2.45) is 11.7 Å². The van der Waals surface area contributed by atoms with Gasteiger partial charge >= 0.3 is 0 Å². The Hall–Kier alpha value is -1.66. The van der Waals surface area contributed by atoms with Crippen LogP contribution in [-0.4, -0.2) is 34.9 Å². The van der Waals surface area contributed by atoms with Crippen LogP contribution in [0.5, 0.6) is 0 Å². The Morgan fingerprint density at radius 1 is 1.43 bits per heavy atom. The van der Waals surface area contributed by atoms with E-state index in [-0.39, 0.29) is 30.0 Å². The molecule has 1 saturated heterocycles. The molecule has 0 bridgehead atoms. The molecule has 1 aliphatic heterocycles. The summed E-state index contributed by atoms with van der Waals surface area (Å²) >= 11 is 0. The second kappa shape index (κ2) is 7.38. The van der Waals surface area contributed by atoms with Gasteiger partial charge in [0, 0.05) is 36.8 Å². The van der Waals surface area contributed by atoms with E-state index in [4.69, 9.17) is 5.73 Å². The molecule has 21 heavy (non-hydrogen) atoms.